The van der Waals surface area contributed by atoms with Crippen molar-refractivity contribution in [3.63, 3.8) is 0 Å². The van der Waals surface area contributed by atoms with Crippen molar-refractivity contribution in [1.82, 2.24) is 0 Å². The molecule has 0 saturated heterocycles. The van der Waals surface area contributed by atoms with Crippen LogP contribution in [0.4, 0.5) is 0 Å². The van der Waals surface area contributed by atoms with E-state index in [1.807, 2.05) is 44.2 Å². The molecule has 0 aromatic heterocycles. The van der Waals surface area contributed by atoms with Crippen LogP contribution in [0.3, 0.4) is 0 Å². The van der Waals surface area contributed by atoms with Crippen molar-refractivity contribution in [1.29, 1.82) is 0 Å². The Kier molecular flexibility index (Phi) is 4.13. The van der Waals surface area contributed by atoms with Crippen LogP contribution < -0.4 is 0 Å². The summed E-state index contributed by atoms with van der Waals surface area (Å²) in [7, 11) is 0. The Morgan fingerprint density at radius 3 is 2.64 bits per heavy atom. The topological polar surface area (TPSA) is 41.8 Å². The minimum Gasteiger partial charge on any atom is -0.364 e. The van der Waals surface area contributed by atoms with Crippen LogP contribution in [-0.2, 0) is 4.84 Å². The third kappa shape index (κ3) is 3.18. The van der Waals surface area contributed by atoms with E-state index in [4.69, 9.17) is 9.94 Å². The van der Waals surface area contributed by atoms with Gasteiger partial charge in [0.05, 0.1) is 5.71 Å². The second kappa shape index (κ2) is 5.40. The second-order valence-corrected chi connectivity index (χ2v) is 3.01. The molecule has 0 saturated carbocycles. The standard InChI is InChI=1S/C11H15NO2/c1-3-11(13)14-12-9(2)10-7-5-4-6-8-10/h4-8,11,13H,3H2,1-2H3/b12-9+. The Morgan fingerprint density at radius 1 is 1.43 bits per heavy atom. The Balaban J connectivity index is 2.61. The van der Waals surface area contributed by atoms with Crippen molar-refractivity contribution >= 4 is 5.71 Å². The Bertz CT molecular complexity index is 295. The van der Waals surface area contributed by atoms with E-state index in [9.17, 15) is 0 Å². The average molecular weight is 193 g/mol. The quantitative estimate of drug-likeness (QED) is 0.452. The molecule has 0 aliphatic heterocycles. The van der Waals surface area contributed by atoms with Gasteiger partial charge in [0.2, 0.25) is 6.29 Å². The highest BCUT2D eigenvalue weighted by Gasteiger charge is 2.00. The van der Waals surface area contributed by atoms with E-state index >= 15 is 0 Å². The number of aliphatic hydroxyl groups is 1. The smallest absolute Gasteiger partial charge is 0.224 e. The zero-order chi connectivity index (χ0) is 10.4. The second-order valence-electron chi connectivity index (χ2n) is 3.01. The van der Waals surface area contributed by atoms with Crippen LogP contribution in [0.1, 0.15) is 25.8 Å². The lowest BCUT2D eigenvalue weighted by Gasteiger charge is -2.06. The Labute approximate surface area is 84.0 Å². The van der Waals surface area contributed by atoms with Gasteiger partial charge in [0, 0.05) is 6.42 Å². The fraction of sp³-hybridized carbons (Fsp3) is 0.364. The molecular weight excluding hydrogens is 178 g/mol. The highest BCUT2D eigenvalue weighted by atomic mass is 16.7. The molecule has 1 aromatic rings. The van der Waals surface area contributed by atoms with E-state index in [2.05, 4.69) is 5.16 Å². The Hall–Kier alpha value is -1.35. The molecule has 1 N–H and O–H groups in total. The van der Waals surface area contributed by atoms with Crippen molar-refractivity contribution in [3.05, 3.63) is 35.9 Å². The summed E-state index contributed by atoms with van der Waals surface area (Å²) in [6.07, 6.45) is -0.278. The summed E-state index contributed by atoms with van der Waals surface area (Å²) >= 11 is 0. The fourth-order valence-electron chi connectivity index (χ4n) is 0.946. The summed E-state index contributed by atoms with van der Waals surface area (Å²) in [5.74, 6) is 0. The molecule has 1 atom stereocenters. The van der Waals surface area contributed by atoms with Gasteiger partial charge < -0.3 is 9.94 Å². The Morgan fingerprint density at radius 2 is 2.07 bits per heavy atom. The van der Waals surface area contributed by atoms with Crippen molar-refractivity contribution < 1.29 is 9.94 Å². The van der Waals surface area contributed by atoms with Crippen molar-refractivity contribution in [2.75, 3.05) is 0 Å². The maximum atomic E-state index is 9.12. The van der Waals surface area contributed by atoms with Crippen LogP contribution in [0.15, 0.2) is 35.5 Å². The van der Waals surface area contributed by atoms with E-state index in [1.54, 1.807) is 0 Å². The third-order valence-corrected chi connectivity index (χ3v) is 1.85. The van der Waals surface area contributed by atoms with E-state index in [1.165, 1.54) is 0 Å². The highest BCUT2D eigenvalue weighted by molar-refractivity contribution is 5.98. The van der Waals surface area contributed by atoms with E-state index in [0.29, 0.717) is 6.42 Å². The highest BCUT2D eigenvalue weighted by Crippen LogP contribution is 2.02. The summed E-state index contributed by atoms with van der Waals surface area (Å²) in [6, 6.07) is 9.70. The van der Waals surface area contributed by atoms with Gasteiger partial charge in [-0.25, -0.2) is 0 Å². The molecule has 0 amide bonds. The lowest BCUT2D eigenvalue weighted by molar-refractivity contribution is -0.0989. The van der Waals surface area contributed by atoms with Gasteiger partial charge in [0.15, 0.2) is 0 Å². The van der Waals surface area contributed by atoms with Crippen LogP contribution in [0.25, 0.3) is 0 Å². The van der Waals surface area contributed by atoms with Crippen LogP contribution >= 0.6 is 0 Å². The molecule has 1 rings (SSSR count). The molecule has 1 aromatic carbocycles. The maximum Gasteiger partial charge on any atom is 0.224 e. The molecule has 1 unspecified atom stereocenters. The largest absolute Gasteiger partial charge is 0.364 e. The molecule has 3 nitrogen and oxygen atoms in total. The van der Waals surface area contributed by atoms with Gasteiger partial charge in [0.25, 0.3) is 0 Å². The van der Waals surface area contributed by atoms with Gasteiger partial charge in [-0.05, 0) is 12.5 Å². The van der Waals surface area contributed by atoms with E-state index < -0.39 is 6.29 Å². The fourth-order valence-corrected chi connectivity index (χ4v) is 0.946. The molecule has 0 radical (unpaired) electrons. The zero-order valence-electron chi connectivity index (χ0n) is 8.47. The lowest BCUT2D eigenvalue weighted by Crippen LogP contribution is -2.07. The SMILES string of the molecule is CCC(O)O/N=C(\C)c1ccccc1. The van der Waals surface area contributed by atoms with Crippen molar-refractivity contribution in [2.24, 2.45) is 5.16 Å². The molecule has 0 aliphatic carbocycles. The minimum absolute atomic E-state index is 0.533. The van der Waals surface area contributed by atoms with Crippen LogP contribution in [0, 0.1) is 0 Å². The van der Waals surface area contributed by atoms with Gasteiger partial charge in [-0.1, -0.05) is 42.4 Å². The number of aliphatic hydroxyl groups excluding tert-OH is 1. The molecule has 3 heteroatoms. The number of hydrogen-bond acceptors (Lipinski definition) is 3. The molecule has 0 heterocycles. The van der Waals surface area contributed by atoms with E-state index in [0.717, 1.165) is 11.3 Å². The number of nitrogens with zero attached hydrogens (tertiary/aromatic N) is 1. The predicted octanol–water partition coefficient (Wildman–Crippen LogP) is 2.16. The number of rotatable bonds is 4. The summed E-state index contributed by atoms with van der Waals surface area (Å²) in [5, 5.41) is 13.0. The molecular formula is C11H15NO2. The molecule has 76 valence electrons. The van der Waals surface area contributed by atoms with E-state index in [-0.39, 0.29) is 0 Å². The molecule has 0 spiro atoms. The molecule has 0 aliphatic rings. The van der Waals surface area contributed by atoms with Gasteiger partial charge in [-0.2, -0.15) is 0 Å². The van der Waals surface area contributed by atoms with Crippen LogP contribution in [-0.4, -0.2) is 17.1 Å². The van der Waals surface area contributed by atoms with Crippen LogP contribution in [0.2, 0.25) is 0 Å². The normalized spacial score (nSPS) is 13.8. The molecule has 0 bridgehead atoms. The first-order valence-corrected chi connectivity index (χ1v) is 4.68. The maximum absolute atomic E-state index is 9.12. The van der Waals surface area contributed by atoms with Crippen molar-refractivity contribution in [3.8, 4) is 0 Å². The number of hydrogen-bond donors (Lipinski definition) is 1. The van der Waals surface area contributed by atoms with Crippen molar-refractivity contribution in [2.45, 2.75) is 26.6 Å². The first-order chi connectivity index (χ1) is 6.74. The van der Waals surface area contributed by atoms with Gasteiger partial charge >= 0.3 is 0 Å². The van der Waals surface area contributed by atoms with Crippen LogP contribution in [0.5, 0.6) is 0 Å². The molecule has 0 fully saturated rings. The summed E-state index contributed by atoms with van der Waals surface area (Å²) in [4.78, 5) is 4.85. The first kappa shape index (κ1) is 10.7. The number of oxime groups is 1. The predicted molar refractivity (Wildman–Crippen MR) is 56.0 cm³/mol. The third-order valence-electron chi connectivity index (χ3n) is 1.85. The minimum atomic E-state index is -0.811. The number of benzene rings is 1. The summed E-state index contributed by atoms with van der Waals surface area (Å²) in [5.41, 5.74) is 1.76. The van der Waals surface area contributed by atoms with Gasteiger partial charge in [0.1, 0.15) is 0 Å². The monoisotopic (exact) mass is 193 g/mol. The van der Waals surface area contributed by atoms with Gasteiger partial charge in [-0.15, -0.1) is 0 Å². The molecule has 14 heavy (non-hydrogen) atoms. The average Bonchev–Trinajstić information content (AvgIpc) is 2.26. The lowest BCUT2D eigenvalue weighted by atomic mass is 10.1. The zero-order valence-corrected chi connectivity index (χ0v) is 8.47. The summed E-state index contributed by atoms with van der Waals surface area (Å²) < 4.78 is 0. The van der Waals surface area contributed by atoms with Gasteiger partial charge in [-0.3, -0.25) is 0 Å². The summed E-state index contributed by atoms with van der Waals surface area (Å²) in [6.45, 7) is 3.68. The first-order valence-electron chi connectivity index (χ1n) is 4.68.